The maximum Gasteiger partial charge on any atom is 0.426 e. The second-order valence-corrected chi connectivity index (χ2v) is 13.4. The molecule has 1 aliphatic rings. The molecule has 0 bridgehead atoms. The summed E-state index contributed by atoms with van der Waals surface area (Å²) < 4.78 is 67.1. The van der Waals surface area contributed by atoms with Gasteiger partial charge in [0.1, 0.15) is 17.2 Å². The zero-order valence-corrected chi connectivity index (χ0v) is 26.7. The molecule has 4 rings (SSSR count). The summed E-state index contributed by atoms with van der Waals surface area (Å²) in [5.74, 6) is -1.22. The van der Waals surface area contributed by atoms with Crippen molar-refractivity contribution in [3.05, 3.63) is 65.7 Å². The van der Waals surface area contributed by atoms with E-state index in [1.807, 2.05) is 31.5 Å². The lowest BCUT2D eigenvalue weighted by Gasteiger charge is -2.38. The van der Waals surface area contributed by atoms with Gasteiger partial charge in [-0.05, 0) is 91.5 Å². The lowest BCUT2D eigenvalue weighted by Crippen LogP contribution is -2.53. The van der Waals surface area contributed by atoms with E-state index in [9.17, 15) is 27.2 Å². The number of carbonyl (C=O) groups excluding carboxylic acids is 2. The number of carbonyl (C=O) groups is 2. The molecule has 2 amide bonds. The van der Waals surface area contributed by atoms with Crippen molar-refractivity contribution in [2.24, 2.45) is 5.41 Å². The van der Waals surface area contributed by atoms with Gasteiger partial charge in [-0.2, -0.15) is 18.3 Å². The van der Waals surface area contributed by atoms with E-state index in [-0.39, 0.29) is 37.6 Å². The van der Waals surface area contributed by atoms with Crippen molar-refractivity contribution in [2.75, 3.05) is 5.32 Å². The third kappa shape index (κ3) is 8.67. The minimum atomic E-state index is -4.87. The summed E-state index contributed by atoms with van der Waals surface area (Å²) in [6.07, 6.45) is -3.59. The van der Waals surface area contributed by atoms with Gasteiger partial charge < -0.3 is 14.8 Å². The Morgan fingerprint density at radius 2 is 1.65 bits per heavy atom. The molecule has 1 saturated carbocycles. The molecule has 0 aliphatic heterocycles. The highest BCUT2D eigenvalue weighted by molar-refractivity contribution is 5.84. The Morgan fingerprint density at radius 3 is 2.28 bits per heavy atom. The lowest BCUT2D eigenvalue weighted by molar-refractivity contribution is -0.140. The summed E-state index contributed by atoms with van der Waals surface area (Å²) in [5.41, 5.74) is 1.78. The first-order valence-electron chi connectivity index (χ1n) is 15.0. The van der Waals surface area contributed by atoms with E-state index in [0.717, 1.165) is 18.0 Å². The van der Waals surface area contributed by atoms with E-state index < -0.39 is 52.4 Å². The maximum atomic E-state index is 14.7. The second-order valence-electron chi connectivity index (χ2n) is 13.4. The average Bonchev–Trinajstić information content (AvgIpc) is 3.41. The SMILES string of the molecule is CC(C)(C)OC(=O)NNC(=O)C1(Cc2cccc(Nc3ccnn3C(C)(C)C)n2)CCC(Oc2cccc(C(F)(F)F)c2F)CC1. The number of hydrogen-bond acceptors (Lipinski definition) is 7. The van der Waals surface area contributed by atoms with Crippen LogP contribution in [0.1, 0.15) is 78.5 Å². The predicted molar refractivity (Wildman–Crippen MR) is 163 cm³/mol. The van der Waals surface area contributed by atoms with E-state index in [2.05, 4.69) is 21.3 Å². The van der Waals surface area contributed by atoms with Crippen molar-refractivity contribution in [3.8, 4) is 5.75 Å². The topological polar surface area (TPSA) is 119 Å². The monoisotopic (exact) mass is 648 g/mol. The van der Waals surface area contributed by atoms with Crippen LogP contribution in [-0.2, 0) is 27.7 Å². The summed E-state index contributed by atoms with van der Waals surface area (Å²) in [6.45, 7) is 11.1. The fraction of sp³-hybridized carbons (Fsp3) is 0.500. The van der Waals surface area contributed by atoms with Gasteiger partial charge in [0.15, 0.2) is 11.6 Å². The van der Waals surface area contributed by atoms with Crippen molar-refractivity contribution in [2.45, 2.75) is 97.1 Å². The number of nitrogens with zero attached hydrogens (tertiary/aromatic N) is 3. The van der Waals surface area contributed by atoms with Crippen molar-refractivity contribution >= 4 is 23.6 Å². The fourth-order valence-electron chi connectivity index (χ4n) is 5.35. The van der Waals surface area contributed by atoms with E-state index >= 15 is 0 Å². The highest BCUT2D eigenvalue weighted by Gasteiger charge is 2.44. The first kappa shape index (κ1) is 34.5. The van der Waals surface area contributed by atoms with E-state index in [4.69, 9.17) is 14.5 Å². The highest BCUT2D eigenvalue weighted by atomic mass is 19.4. The number of halogens is 4. The van der Waals surface area contributed by atoms with Gasteiger partial charge >= 0.3 is 12.3 Å². The third-order valence-electron chi connectivity index (χ3n) is 7.47. The smallest absolute Gasteiger partial charge is 0.426 e. The number of rotatable bonds is 7. The van der Waals surface area contributed by atoms with Crippen LogP contribution in [0.3, 0.4) is 0 Å². The van der Waals surface area contributed by atoms with Crippen LogP contribution in [0.4, 0.5) is 34.0 Å². The van der Waals surface area contributed by atoms with Gasteiger partial charge in [-0.1, -0.05) is 12.1 Å². The summed E-state index contributed by atoms with van der Waals surface area (Å²) in [5, 5.41) is 7.66. The molecule has 3 aromatic rings. The number of anilines is 2. The molecule has 1 aliphatic carbocycles. The van der Waals surface area contributed by atoms with Crippen LogP contribution in [0.5, 0.6) is 5.75 Å². The molecule has 0 unspecified atom stereocenters. The van der Waals surface area contributed by atoms with Crippen LogP contribution in [0, 0.1) is 11.2 Å². The number of aromatic nitrogens is 3. The molecule has 3 N–H and O–H groups in total. The zero-order chi connectivity index (χ0) is 33.9. The normalized spacial score (nSPS) is 18.9. The van der Waals surface area contributed by atoms with Crippen LogP contribution >= 0.6 is 0 Å². The molecule has 1 fully saturated rings. The number of benzene rings is 1. The molecule has 0 radical (unpaired) electrons. The van der Waals surface area contributed by atoms with E-state index in [1.165, 1.54) is 0 Å². The Labute approximate surface area is 265 Å². The summed E-state index contributed by atoms with van der Waals surface area (Å²) >= 11 is 0. The molecular weight excluding hydrogens is 608 g/mol. The molecule has 2 aromatic heterocycles. The van der Waals surface area contributed by atoms with Gasteiger partial charge in [0.2, 0.25) is 5.91 Å². The first-order chi connectivity index (χ1) is 21.4. The number of alkyl halides is 3. The van der Waals surface area contributed by atoms with Crippen LogP contribution in [0.25, 0.3) is 0 Å². The summed E-state index contributed by atoms with van der Waals surface area (Å²) in [7, 11) is 0. The molecule has 14 heteroatoms. The standard InChI is InChI=1S/C32H40F4N6O4/c1-29(2,3)42-25(15-18-37-42)39-24-12-7-9-20(38-24)19-31(27(43)40-41-28(44)46-30(4,5)6)16-13-21(14-17-31)45-23-11-8-10-22(26(23)33)32(34,35)36/h7-12,15,18,21H,13-14,16-17,19H2,1-6H3,(H,38,39)(H,40,43)(H,41,44). The molecule has 2 heterocycles. The number of ether oxygens (including phenoxy) is 2. The number of hydrogen-bond donors (Lipinski definition) is 3. The number of hydrazine groups is 1. The first-order valence-corrected chi connectivity index (χ1v) is 15.0. The Kier molecular flexibility index (Phi) is 9.88. The van der Waals surface area contributed by atoms with Gasteiger partial charge in [0.05, 0.1) is 28.8 Å². The van der Waals surface area contributed by atoms with Gasteiger partial charge in [-0.15, -0.1) is 0 Å². The largest absolute Gasteiger partial charge is 0.487 e. The quantitative estimate of drug-likeness (QED) is 0.186. The number of amides is 2. The van der Waals surface area contributed by atoms with Crippen LogP contribution < -0.4 is 20.9 Å². The molecule has 1 aromatic carbocycles. The minimum Gasteiger partial charge on any atom is -0.487 e. The average molecular weight is 649 g/mol. The molecule has 10 nitrogen and oxygen atoms in total. The predicted octanol–water partition coefficient (Wildman–Crippen LogP) is 7.04. The van der Waals surface area contributed by atoms with Crippen molar-refractivity contribution in [1.29, 1.82) is 0 Å². The van der Waals surface area contributed by atoms with E-state index in [1.54, 1.807) is 45.2 Å². The van der Waals surface area contributed by atoms with Crippen molar-refractivity contribution < 1.29 is 36.6 Å². The molecule has 46 heavy (non-hydrogen) atoms. The van der Waals surface area contributed by atoms with Crippen LogP contribution in [0.15, 0.2) is 48.7 Å². The number of nitrogens with one attached hydrogen (secondary N) is 3. The second kappa shape index (κ2) is 13.2. The lowest BCUT2D eigenvalue weighted by atomic mass is 9.69. The Bertz CT molecular complexity index is 1540. The van der Waals surface area contributed by atoms with Crippen LogP contribution in [0.2, 0.25) is 0 Å². The fourth-order valence-corrected chi connectivity index (χ4v) is 5.35. The van der Waals surface area contributed by atoms with Crippen molar-refractivity contribution in [1.82, 2.24) is 25.6 Å². The van der Waals surface area contributed by atoms with Crippen LogP contribution in [-0.4, -0.2) is 38.5 Å². The highest BCUT2D eigenvalue weighted by Crippen LogP contribution is 2.42. The molecular formula is C32H40F4N6O4. The molecule has 250 valence electrons. The zero-order valence-electron chi connectivity index (χ0n) is 26.7. The van der Waals surface area contributed by atoms with Gasteiger partial charge in [0, 0.05) is 18.2 Å². The molecule has 0 saturated heterocycles. The number of pyridine rings is 1. The maximum absolute atomic E-state index is 14.7. The summed E-state index contributed by atoms with van der Waals surface area (Å²) in [4.78, 5) is 30.7. The van der Waals surface area contributed by atoms with Gasteiger partial charge in [-0.3, -0.25) is 10.2 Å². The van der Waals surface area contributed by atoms with E-state index in [0.29, 0.717) is 17.6 Å². The third-order valence-corrected chi connectivity index (χ3v) is 7.47. The van der Waals surface area contributed by atoms with Gasteiger partial charge in [-0.25, -0.2) is 24.3 Å². The Morgan fingerprint density at radius 1 is 0.978 bits per heavy atom. The minimum absolute atomic E-state index is 0.174. The Balaban J connectivity index is 1.54. The Hall–Kier alpha value is -4.36. The van der Waals surface area contributed by atoms with Crippen molar-refractivity contribution in [3.63, 3.8) is 0 Å². The molecule has 0 atom stereocenters. The summed E-state index contributed by atoms with van der Waals surface area (Å²) in [6, 6.07) is 10.1. The van der Waals surface area contributed by atoms with Gasteiger partial charge in [0.25, 0.3) is 0 Å². The molecule has 0 spiro atoms.